The van der Waals surface area contributed by atoms with E-state index >= 15 is 0 Å². The first kappa shape index (κ1) is 19.4. The van der Waals surface area contributed by atoms with Gasteiger partial charge in [-0.3, -0.25) is 4.79 Å². The Balaban J connectivity index is 1.65. The van der Waals surface area contributed by atoms with Crippen molar-refractivity contribution in [1.29, 1.82) is 0 Å². The fourth-order valence-corrected chi connectivity index (χ4v) is 3.61. The summed E-state index contributed by atoms with van der Waals surface area (Å²) < 4.78 is 13.0. The molecule has 1 aromatic carbocycles. The number of aromatic nitrogens is 3. The minimum atomic E-state index is -0.0449. The van der Waals surface area contributed by atoms with Gasteiger partial charge in [0.2, 0.25) is 5.88 Å². The van der Waals surface area contributed by atoms with Crippen LogP contribution in [0.2, 0.25) is 0 Å². The lowest BCUT2D eigenvalue weighted by Gasteiger charge is -2.26. The summed E-state index contributed by atoms with van der Waals surface area (Å²) in [5.74, 6) is 0.403. The van der Waals surface area contributed by atoms with Crippen LogP contribution in [0.5, 0.6) is 5.88 Å². The first-order valence-corrected chi connectivity index (χ1v) is 10.0. The van der Waals surface area contributed by atoms with Crippen molar-refractivity contribution < 1.29 is 14.3 Å². The molecule has 0 N–H and O–H groups in total. The number of carbonyl (C=O) groups is 1. The molecule has 1 saturated heterocycles. The predicted molar refractivity (Wildman–Crippen MR) is 111 cm³/mol. The van der Waals surface area contributed by atoms with E-state index in [0.29, 0.717) is 32.2 Å². The molecule has 7 nitrogen and oxygen atoms in total. The number of nitrogens with zero attached hydrogens (tertiary/aromatic N) is 4. The highest BCUT2D eigenvalue weighted by Crippen LogP contribution is 2.27. The Morgan fingerprint density at radius 3 is 2.59 bits per heavy atom. The average Bonchev–Trinajstić information content (AvgIpc) is 3.09. The third kappa shape index (κ3) is 3.96. The zero-order chi connectivity index (χ0) is 20.4. The molecule has 0 saturated carbocycles. The number of fused-ring (bicyclic) bond motifs is 1. The van der Waals surface area contributed by atoms with Gasteiger partial charge in [-0.15, -0.1) is 0 Å². The molecule has 1 aliphatic rings. The molecule has 3 heterocycles. The van der Waals surface area contributed by atoms with Crippen molar-refractivity contribution in [2.45, 2.75) is 27.2 Å². The molecule has 4 rings (SSSR count). The molecule has 0 radical (unpaired) electrons. The molecular weight excluding hydrogens is 368 g/mol. The van der Waals surface area contributed by atoms with Crippen molar-refractivity contribution in [2.24, 2.45) is 0 Å². The third-order valence-electron chi connectivity index (χ3n) is 5.24. The van der Waals surface area contributed by atoms with E-state index < -0.39 is 0 Å². The Hall–Kier alpha value is -2.93. The Kier molecular flexibility index (Phi) is 5.49. The van der Waals surface area contributed by atoms with Crippen molar-refractivity contribution in [3.63, 3.8) is 0 Å². The van der Waals surface area contributed by atoms with Crippen LogP contribution >= 0.6 is 0 Å². The number of benzene rings is 1. The van der Waals surface area contributed by atoms with E-state index in [4.69, 9.17) is 19.6 Å². The predicted octanol–water partition coefficient (Wildman–Crippen LogP) is 2.84. The van der Waals surface area contributed by atoms with Gasteiger partial charge in [-0.1, -0.05) is 24.6 Å². The number of hydrogen-bond acceptors (Lipinski definition) is 5. The molecule has 29 heavy (non-hydrogen) atoms. The standard InChI is InChI=1S/C22H26N4O3/c1-4-17-13-19(29-14-20(27)25-9-11-28-12-10-25)23-22-21(17)16(3)24-26(22)18-7-5-15(2)6-8-18/h5-8,13H,4,9-12,14H2,1-3H3. The first-order valence-electron chi connectivity index (χ1n) is 10.0. The lowest BCUT2D eigenvalue weighted by atomic mass is 10.1. The van der Waals surface area contributed by atoms with Crippen LogP contribution in [-0.2, 0) is 16.0 Å². The molecular formula is C22H26N4O3. The number of aryl methyl sites for hydroxylation is 3. The molecule has 0 unspecified atom stereocenters. The fraction of sp³-hybridized carbons (Fsp3) is 0.409. The molecule has 152 valence electrons. The summed E-state index contributed by atoms with van der Waals surface area (Å²) in [6.07, 6.45) is 0.827. The summed E-state index contributed by atoms with van der Waals surface area (Å²) in [5.41, 5.74) is 4.93. The van der Waals surface area contributed by atoms with E-state index in [2.05, 4.69) is 26.0 Å². The van der Waals surface area contributed by atoms with Gasteiger partial charge in [0.05, 0.1) is 24.6 Å². The second kappa shape index (κ2) is 8.21. The minimum Gasteiger partial charge on any atom is -0.467 e. The molecule has 0 bridgehead atoms. The summed E-state index contributed by atoms with van der Waals surface area (Å²) in [4.78, 5) is 18.9. The number of hydrogen-bond donors (Lipinski definition) is 0. The Labute approximate surface area is 170 Å². The maximum atomic E-state index is 12.4. The maximum absolute atomic E-state index is 12.4. The first-order chi connectivity index (χ1) is 14.1. The van der Waals surface area contributed by atoms with Gasteiger partial charge in [-0.2, -0.15) is 10.1 Å². The van der Waals surface area contributed by atoms with E-state index in [9.17, 15) is 4.79 Å². The van der Waals surface area contributed by atoms with Crippen LogP contribution < -0.4 is 4.74 Å². The van der Waals surface area contributed by atoms with Crippen molar-refractivity contribution in [3.05, 3.63) is 47.2 Å². The minimum absolute atomic E-state index is 0.0285. The number of morpholine rings is 1. The van der Waals surface area contributed by atoms with Crippen LogP contribution in [-0.4, -0.2) is 58.5 Å². The van der Waals surface area contributed by atoms with Crippen LogP contribution in [0.3, 0.4) is 0 Å². The van der Waals surface area contributed by atoms with E-state index in [1.165, 1.54) is 5.56 Å². The van der Waals surface area contributed by atoms with Crippen molar-refractivity contribution >= 4 is 16.9 Å². The topological polar surface area (TPSA) is 69.5 Å². The van der Waals surface area contributed by atoms with Crippen LogP contribution in [0, 0.1) is 13.8 Å². The highest BCUT2D eigenvalue weighted by molar-refractivity contribution is 5.84. The van der Waals surface area contributed by atoms with Gasteiger partial charge >= 0.3 is 0 Å². The SMILES string of the molecule is CCc1cc(OCC(=O)N2CCOCC2)nc2c1c(C)nn2-c1ccc(C)cc1. The number of carbonyl (C=O) groups excluding carboxylic acids is 1. The number of amides is 1. The largest absolute Gasteiger partial charge is 0.467 e. The molecule has 0 aliphatic carbocycles. The fourth-order valence-electron chi connectivity index (χ4n) is 3.61. The summed E-state index contributed by atoms with van der Waals surface area (Å²) in [6, 6.07) is 10.1. The van der Waals surface area contributed by atoms with Crippen LogP contribution in [0.1, 0.15) is 23.7 Å². The van der Waals surface area contributed by atoms with Crippen molar-refractivity contribution in [1.82, 2.24) is 19.7 Å². The van der Waals surface area contributed by atoms with Gasteiger partial charge in [0.1, 0.15) is 0 Å². The number of pyridine rings is 1. The van der Waals surface area contributed by atoms with Gasteiger partial charge in [0, 0.05) is 24.5 Å². The quantitative estimate of drug-likeness (QED) is 0.666. The third-order valence-corrected chi connectivity index (χ3v) is 5.24. The molecule has 0 atom stereocenters. The van der Waals surface area contributed by atoms with Crippen molar-refractivity contribution in [3.8, 4) is 11.6 Å². The molecule has 3 aromatic rings. The molecule has 1 fully saturated rings. The normalized spacial score (nSPS) is 14.4. The van der Waals surface area contributed by atoms with E-state index in [1.54, 1.807) is 4.90 Å². The van der Waals surface area contributed by atoms with Gasteiger partial charge in [-0.25, -0.2) is 4.68 Å². The van der Waals surface area contributed by atoms with E-state index in [1.807, 2.05) is 29.8 Å². The monoisotopic (exact) mass is 394 g/mol. The highest BCUT2D eigenvalue weighted by atomic mass is 16.5. The molecule has 1 amide bonds. The van der Waals surface area contributed by atoms with Gasteiger partial charge in [0.15, 0.2) is 12.3 Å². The molecule has 7 heteroatoms. The van der Waals surface area contributed by atoms with Crippen LogP contribution in [0.25, 0.3) is 16.7 Å². The summed E-state index contributed by atoms with van der Waals surface area (Å²) in [5, 5.41) is 5.76. The molecule has 1 aliphatic heterocycles. The Bertz CT molecular complexity index is 1020. The average molecular weight is 394 g/mol. The number of rotatable bonds is 5. The summed E-state index contributed by atoms with van der Waals surface area (Å²) >= 11 is 0. The van der Waals surface area contributed by atoms with Crippen LogP contribution in [0.15, 0.2) is 30.3 Å². The lowest BCUT2D eigenvalue weighted by molar-refractivity contribution is -0.137. The van der Waals surface area contributed by atoms with Gasteiger partial charge in [-0.05, 0) is 38.0 Å². The molecule has 2 aromatic heterocycles. The van der Waals surface area contributed by atoms with Crippen LogP contribution in [0.4, 0.5) is 0 Å². The Morgan fingerprint density at radius 2 is 1.90 bits per heavy atom. The highest BCUT2D eigenvalue weighted by Gasteiger charge is 2.19. The second-order valence-electron chi connectivity index (χ2n) is 7.29. The van der Waals surface area contributed by atoms with Gasteiger partial charge < -0.3 is 14.4 Å². The van der Waals surface area contributed by atoms with Gasteiger partial charge in [0.25, 0.3) is 5.91 Å². The maximum Gasteiger partial charge on any atom is 0.260 e. The molecule has 0 spiro atoms. The lowest BCUT2D eigenvalue weighted by Crippen LogP contribution is -2.43. The zero-order valence-electron chi connectivity index (χ0n) is 17.1. The zero-order valence-corrected chi connectivity index (χ0v) is 17.1. The number of ether oxygens (including phenoxy) is 2. The Morgan fingerprint density at radius 1 is 1.17 bits per heavy atom. The van der Waals surface area contributed by atoms with E-state index in [0.717, 1.165) is 34.4 Å². The summed E-state index contributed by atoms with van der Waals surface area (Å²) in [7, 11) is 0. The summed E-state index contributed by atoms with van der Waals surface area (Å²) in [6.45, 7) is 8.48. The smallest absolute Gasteiger partial charge is 0.260 e. The van der Waals surface area contributed by atoms with Crippen molar-refractivity contribution in [2.75, 3.05) is 32.9 Å². The second-order valence-corrected chi connectivity index (χ2v) is 7.29. The van der Waals surface area contributed by atoms with E-state index in [-0.39, 0.29) is 12.5 Å².